The number of aliphatic hydroxyl groups excluding tert-OH is 1. The first-order valence-corrected chi connectivity index (χ1v) is 6.67. The van der Waals surface area contributed by atoms with Gasteiger partial charge in [-0.15, -0.1) is 0 Å². The van der Waals surface area contributed by atoms with Crippen molar-refractivity contribution in [3.63, 3.8) is 0 Å². The summed E-state index contributed by atoms with van der Waals surface area (Å²) in [4.78, 5) is 6.30. The average Bonchev–Trinajstić information content (AvgIpc) is 2.46. The van der Waals surface area contributed by atoms with Crippen molar-refractivity contribution < 1.29 is 9.84 Å². The zero-order valence-corrected chi connectivity index (χ0v) is 11.0. The van der Waals surface area contributed by atoms with E-state index >= 15 is 0 Å². The van der Waals surface area contributed by atoms with Crippen LogP contribution >= 0.6 is 0 Å². The van der Waals surface area contributed by atoms with E-state index in [-0.39, 0.29) is 6.10 Å². The lowest BCUT2D eigenvalue weighted by Gasteiger charge is -2.29. The first-order chi connectivity index (χ1) is 9.28. The van der Waals surface area contributed by atoms with E-state index in [2.05, 4.69) is 9.88 Å². The molecule has 1 fully saturated rings. The van der Waals surface area contributed by atoms with Gasteiger partial charge in [0.15, 0.2) is 0 Å². The SMILES string of the molecule is N#Cc1ccc(OCCCN2CCC(O)CC2)cn1. The monoisotopic (exact) mass is 261 g/mol. The first-order valence-electron chi connectivity index (χ1n) is 6.67. The van der Waals surface area contributed by atoms with E-state index in [1.807, 2.05) is 6.07 Å². The van der Waals surface area contributed by atoms with Crippen molar-refractivity contribution in [1.82, 2.24) is 9.88 Å². The van der Waals surface area contributed by atoms with Gasteiger partial charge in [-0.3, -0.25) is 0 Å². The number of nitriles is 1. The summed E-state index contributed by atoms with van der Waals surface area (Å²) in [6, 6.07) is 5.40. The molecular formula is C14H19N3O2. The van der Waals surface area contributed by atoms with Crippen LogP contribution in [-0.4, -0.2) is 47.3 Å². The van der Waals surface area contributed by atoms with Crippen LogP contribution in [0.2, 0.25) is 0 Å². The second kappa shape index (κ2) is 7.07. The van der Waals surface area contributed by atoms with Gasteiger partial charge in [-0.25, -0.2) is 4.98 Å². The maximum Gasteiger partial charge on any atom is 0.140 e. The fourth-order valence-electron chi connectivity index (χ4n) is 2.15. The number of aromatic nitrogens is 1. The fourth-order valence-corrected chi connectivity index (χ4v) is 2.15. The molecule has 1 N–H and O–H groups in total. The zero-order chi connectivity index (χ0) is 13.5. The van der Waals surface area contributed by atoms with Gasteiger partial charge in [-0.2, -0.15) is 5.26 Å². The number of nitrogens with zero attached hydrogens (tertiary/aromatic N) is 3. The molecule has 0 radical (unpaired) electrons. The maximum atomic E-state index is 9.41. The minimum absolute atomic E-state index is 0.114. The summed E-state index contributed by atoms with van der Waals surface area (Å²) in [5, 5.41) is 18.0. The predicted octanol–water partition coefficient (Wildman–Crippen LogP) is 1.18. The van der Waals surface area contributed by atoms with Gasteiger partial charge in [0.25, 0.3) is 0 Å². The number of hydrogen-bond acceptors (Lipinski definition) is 5. The Hall–Kier alpha value is -1.64. The van der Waals surface area contributed by atoms with Crippen LogP contribution in [0.15, 0.2) is 18.3 Å². The average molecular weight is 261 g/mol. The van der Waals surface area contributed by atoms with E-state index in [1.54, 1.807) is 18.3 Å². The van der Waals surface area contributed by atoms with Crippen LogP contribution in [0.25, 0.3) is 0 Å². The largest absolute Gasteiger partial charge is 0.492 e. The van der Waals surface area contributed by atoms with Gasteiger partial charge in [0.2, 0.25) is 0 Å². The lowest BCUT2D eigenvalue weighted by molar-refractivity contribution is 0.0800. The van der Waals surface area contributed by atoms with E-state index < -0.39 is 0 Å². The summed E-state index contributed by atoms with van der Waals surface area (Å²) in [5.41, 5.74) is 0.402. The predicted molar refractivity (Wildman–Crippen MR) is 70.7 cm³/mol. The number of likely N-dealkylation sites (tertiary alicyclic amines) is 1. The second-order valence-corrected chi connectivity index (χ2v) is 4.77. The first kappa shape index (κ1) is 13.8. The van der Waals surface area contributed by atoms with Crippen LogP contribution < -0.4 is 4.74 Å². The molecule has 0 amide bonds. The van der Waals surface area contributed by atoms with Crippen LogP contribution in [0.4, 0.5) is 0 Å². The molecule has 2 rings (SSSR count). The number of rotatable bonds is 5. The third-order valence-corrected chi connectivity index (χ3v) is 3.30. The molecule has 102 valence electrons. The van der Waals surface area contributed by atoms with E-state index in [0.717, 1.165) is 38.9 Å². The van der Waals surface area contributed by atoms with Gasteiger partial charge < -0.3 is 14.7 Å². The molecule has 1 saturated heterocycles. The van der Waals surface area contributed by atoms with Crippen LogP contribution in [0.3, 0.4) is 0 Å². The molecule has 0 atom stereocenters. The van der Waals surface area contributed by atoms with Crippen molar-refractivity contribution in [2.45, 2.75) is 25.4 Å². The Morgan fingerprint density at radius 2 is 2.21 bits per heavy atom. The van der Waals surface area contributed by atoms with Crippen LogP contribution in [-0.2, 0) is 0 Å². The third kappa shape index (κ3) is 4.51. The van der Waals surface area contributed by atoms with E-state index in [9.17, 15) is 5.11 Å². The molecule has 1 aromatic heterocycles. The van der Waals surface area contributed by atoms with Crippen molar-refractivity contribution in [1.29, 1.82) is 5.26 Å². The van der Waals surface area contributed by atoms with Crippen LogP contribution in [0, 0.1) is 11.3 Å². The minimum Gasteiger partial charge on any atom is -0.492 e. The van der Waals surface area contributed by atoms with Gasteiger partial charge in [-0.1, -0.05) is 0 Å². The van der Waals surface area contributed by atoms with Gasteiger partial charge >= 0.3 is 0 Å². The lowest BCUT2D eigenvalue weighted by Crippen LogP contribution is -2.36. The molecule has 0 bridgehead atoms. The highest BCUT2D eigenvalue weighted by Gasteiger charge is 2.15. The Labute approximate surface area is 113 Å². The molecule has 19 heavy (non-hydrogen) atoms. The van der Waals surface area contributed by atoms with Gasteiger partial charge in [0, 0.05) is 19.6 Å². The quantitative estimate of drug-likeness (QED) is 0.806. The summed E-state index contributed by atoms with van der Waals surface area (Å²) in [6.45, 7) is 3.59. The van der Waals surface area contributed by atoms with Crippen molar-refractivity contribution in [2.24, 2.45) is 0 Å². The van der Waals surface area contributed by atoms with Crippen molar-refractivity contribution in [3.05, 3.63) is 24.0 Å². The number of ether oxygens (including phenoxy) is 1. The van der Waals surface area contributed by atoms with Crippen LogP contribution in [0.5, 0.6) is 5.75 Å². The molecule has 5 heteroatoms. The normalized spacial score (nSPS) is 17.1. The Bertz CT molecular complexity index is 419. The molecule has 1 aromatic rings. The van der Waals surface area contributed by atoms with Gasteiger partial charge in [0.1, 0.15) is 17.5 Å². The van der Waals surface area contributed by atoms with E-state index in [1.165, 1.54) is 0 Å². The molecule has 2 heterocycles. The standard InChI is InChI=1S/C14H19N3O2/c15-10-12-2-3-14(11-16-12)19-9-1-6-17-7-4-13(18)5-8-17/h2-3,11,13,18H,1,4-9H2. The Balaban J connectivity index is 1.62. The van der Waals surface area contributed by atoms with Gasteiger partial charge in [0.05, 0.1) is 18.9 Å². The zero-order valence-electron chi connectivity index (χ0n) is 11.0. The molecule has 5 nitrogen and oxygen atoms in total. The van der Waals surface area contributed by atoms with Crippen molar-refractivity contribution in [2.75, 3.05) is 26.2 Å². The molecule has 0 aliphatic carbocycles. The summed E-state index contributed by atoms with van der Waals surface area (Å²) < 4.78 is 5.57. The summed E-state index contributed by atoms with van der Waals surface area (Å²) in [5.74, 6) is 0.702. The third-order valence-electron chi connectivity index (χ3n) is 3.30. The minimum atomic E-state index is -0.114. The van der Waals surface area contributed by atoms with Crippen LogP contribution in [0.1, 0.15) is 25.0 Å². The number of hydrogen-bond donors (Lipinski definition) is 1. The fraction of sp³-hybridized carbons (Fsp3) is 0.571. The molecular weight excluding hydrogens is 242 g/mol. The molecule has 0 spiro atoms. The summed E-state index contributed by atoms with van der Waals surface area (Å²) >= 11 is 0. The molecule has 0 aromatic carbocycles. The number of piperidine rings is 1. The van der Waals surface area contributed by atoms with Crippen molar-refractivity contribution >= 4 is 0 Å². The Morgan fingerprint density at radius 1 is 1.42 bits per heavy atom. The number of pyridine rings is 1. The highest BCUT2D eigenvalue weighted by molar-refractivity contribution is 5.26. The topological polar surface area (TPSA) is 69.4 Å². The highest BCUT2D eigenvalue weighted by atomic mass is 16.5. The van der Waals surface area contributed by atoms with E-state index in [0.29, 0.717) is 18.1 Å². The molecule has 1 aliphatic heterocycles. The molecule has 0 unspecified atom stereocenters. The van der Waals surface area contributed by atoms with E-state index in [4.69, 9.17) is 10.00 Å². The highest BCUT2D eigenvalue weighted by Crippen LogP contribution is 2.11. The smallest absolute Gasteiger partial charge is 0.140 e. The molecule has 1 aliphatic rings. The van der Waals surface area contributed by atoms with Gasteiger partial charge in [-0.05, 0) is 31.4 Å². The number of aliphatic hydroxyl groups is 1. The summed E-state index contributed by atoms with van der Waals surface area (Å²) in [7, 11) is 0. The Morgan fingerprint density at radius 3 is 2.84 bits per heavy atom. The second-order valence-electron chi connectivity index (χ2n) is 4.77. The summed E-state index contributed by atoms with van der Waals surface area (Å²) in [6.07, 6.45) is 4.17. The maximum absolute atomic E-state index is 9.41. The molecule has 0 saturated carbocycles. The van der Waals surface area contributed by atoms with Crippen molar-refractivity contribution in [3.8, 4) is 11.8 Å². The lowest BCUT2D eigenvalue weighted by atomic mass is 10.1. The Kier molecular flexibility index (Phi) is 5.13.